The number of piperidine rings is 1. The van der Waals surface area contributed by atoms with Gasteiger partial charge in [0.2, 0.25) is 0 Å². The van der Waals surface area contributed by atoms with E-state index in [4.69, 9.17) is 5.11 Å². The number of rotatable bonds is 4. The maximum absolute atomic E-state index is 11.2. The second-order valence-electron chi connectivity index (χ2n) is 4.77. The Labute approximate surface area is 107 Å². The van der Waals surface area contributed by atoms with Crippen LogP contribution < -0.4 is 0 Å². The molecule has 0 aromatic heterocycles. The highest BCUT2D eigenvalue weighted by molar-refractivity contribution is 5.73. The van der Waals surface area contributed by atoms with Crippen molar-refractivity contribution in [2.24, 2.45) is 0 Å². The summed E-state index contributed by atoms with van der Waals surface area (Å²) < 4.78 is 0. The van der Waals surface area contributed by atoms with E-state index in [0.29, 0.717) is 13.0 Å². The van der Waals surface area contributed by atoms with Gasteiger partial charge in [-0.1, -0.05) is 36.8 Å². The lowest BCUT2D eigenvalue weighted by Crippen LogP contribution is -2.46. The molecule has 1 aliphatic heterocycles. The molecule has 1 aromatic rings. The van der Waals surface area contributed by atoms with Crippen molar-refractivity contribution in [2.75, 3.05) is 13.1 Å². The summed E-state index contributed by atoms with van der Waals surface area (Å²) in [6.45, 7) is 1.14. The molecule has 0 aliphatic carbocycles. The van der Waals surface area contributed by atoms with Gasteiger partial charge < -0.3 is 10.2 Å². The normalized spacial score (nSPS) is 22.6. The van der Waals surface area contributed by atoms with E-state index < -0.39 is 18.1 Å². The van der Waals surface area contributed by atoms with Gasteiger partial charge in [0.15, 0.2) is 0 Å². The predicted molar refractivity (Wildman–Crippen MR) is 68.2 cm³/mol. The Morgan fingerprint density at radius 3 is 2.72 bits per heavy atom. The fourth-order valence-electron chi connectivity index (χ4n) is 2.49. The summed E-state index contributed by atoms with van der Waals surface area (Å²) in [5.74, 6) is -0.782. The van der Waals surface area contributed by atoms with Gasteiger partial charge in [-0.25, -0.2) is 0 Å². The zero-order valence-corrected chi connectivity index (χ0v) is 10.3. The molecule has 1 heterocycles. The fourth-order valence-corrected chi connectivity index (χ4v) is 2.49. The SMILES string of the molecule is O=C(O)C1CCCCN1CC(O)c1ccccc1. The minimum absolute atomic E-state index is 0.390. The molecule has 1 aromatic carbocycles. The van der Waals surface area contributed by atoms with Gasteiger partial charge in [-0.3, -0.25) is 9.69 Å². The molecule has 4 heteroatoms. The van der Waals surface area contributed by atoms with Crippen molar-refractivity contribution in [2.45, 2.75) is 31.4 Å². The van der Waals surface area contributed by atoms with E-state index in [1.807, 2.05) is 35.2 Å². The van der Waals surface area contributed by atoms with Gasteiger partial charge in [0, 0.05) is 6.54 Å². The van der Waals surface area contributed by atoms with E-state index in [1.165, 1.54) is 0 Å². The van der Waals surface area contributed by atoms with Gasteiger partial charge in [0.1, 0.15) is 6.04 Å². The van der Waals surface area contributed by atoms with Crippen molar-refractivity contribution >= 4 is 5.97 Å². The number of carbonyl (C=O) groups is 1. The molecule has 0 saturated carbocycles. The molecule has 2 unspecified atom stereocenters. The smallest absolute Gasteiger partial charge is 0.320 e. The van der Waals surface area contributed by atoms with Crippen LogP contribution in [0.25, 0.3) is 0 Å². The largest absolute Gasteiger partial charge is 0.480 e. The number of β-amino-alcohol motifs (C(OH)–C–C–N with tert-alkyl or cyclic N) is 1. The highest BCUT2D eigenvalue weighted by Gasteiger charge is 2.29. The van der Waals surface area contributed by atoms with Crippen molar-refractivity contribution in [3.63, 3.8) is 0 Å². The van der Waals surface area contributed by atoms with Gasteiger partial charge in [0.25, 0.3) is 0 Å². The van der Waals surface area contributed by atoms with Gasteiger partial charge in [-0.05, 0) is 24.9 Å². The van der Waals surface area contributed by atoms with Gasteiger partial charge >= 0.3 is 5.97 Å². The number of hydrogen-bond donors (Lipinski definition) is 2. The Kier molecular flexibility index (Phi) is 4.33. The summed E-state index contributed by atoms with van der Waals surface area (Å²) in [6.07, 6.45) is 2.02. The molecule has 0 bridgehead atoms. The highest BCUT2D eigenvalue weighted by Crippen LogP contribution is 2.21. The summed E-state index contributed by atoms with van der Waals surface area (Å²) in [6, 6.07) is 8.94. The number of hydrogen-bond acceptors (Lipinski definition) is 3. The van der Waals surface area contributed by atoms with Crippen LogP contribution in [0.15, 0.2) is 30.3 Å². The Hall–Kier alpha value is -1.39. The van der Waals surface area contributed by atoms with Gasteiger partial charge in [-0.15, -0.1) is 0 Å². The van der Waals surface area contributed by atoms with E-state index in [-0.39, 0.29) is 0 Å². The lowest BCUT2D eigenvalue weighted by molar-refractivity contribution is -0.145. The number of benzene rings is 1. The number of likely N-dealkylation sites (tertiary alicyclic amines) is 1. The minimum Gasteiger partial charge on any atom is -0.480 e. The quantitative estimate of drug-likeness (QED) is 0.852. The highest BCUT2D eigenvalue weighted by atomic mass is 16.4. The summed E-state index contributed by atoms with van der Waals surface area (Å²) in [5, 5.41) is 19.3. The molecule has 0 radical (unpaired) electrons. The van der Waals surface area contributed by atoms with Crippen LogP contribution >= 0.6 is 0 Å². The monoisotopic (exact) mass is 249 g/mol. The molecular weight excluding hydrogens is 230 g/mol. The molecule has 0 amide bonds. The summed E-state index contributed by atoms with van der Waals surface area (Å²) in [4.78, 5) is 13.0. The molecule has 98 valence electrons. The van der Waals surface area contributed by atoms with E-state index in [1.54, 1.807) is 0 Å². The fraction of sp³-hybridized carbons (Fsp3) is 0.500. The zero-order valence-electron chi connectivity index (χ0n) is 10.3. The van der Waals surface area contributed by atoms with Crippen LogP contribution in [-0.4, -0.2) is 40.2 Å². The van der Waals surface area contributed by atoms with E-state index in [2.05, 4.69) is 0 Å². The number of aliphatic hydroxyl groups is 1. The maximum Gasteiger partial charge on any atom is 0.320 e. The lowest BCUT2D eigenvalue weighted by Gasteiger charge is -2.34. The Balaban J connectivity index is 2.01. The third kappa shape index (κ3) is 3.09. The molecule has 2 atom stereocenters. The van der Waals surface area contributed by atoms with Crippen LogP contribution in [0.4, 0.5) is 0 Å². The van der Waals surface area contributed by atoms with Gasteiger partial charge in [0.05, 0.1) is 6.10 Å². The number of aliphatic hydroxyl groups excluding tert-OH is 1. The first kappa shape index (κ1) is 13.1. The maximum atomic E-state index is 11.2. The summed E-state index contributed by atoms with van der Waals surface area (Å²) in [7, 11) is 0. The molecule has 1 saturated heterocycles. The minimum atomic E-state index is -0.782. The molecule has 2 N–H and O–H groups in total. The van der Waals surface area contributed by atoms with Crippen LogP contribution in [-0.2, 0) is 4.79 Å². The molecule has 2 rings (SSSR count). The lowest BCUT2D eigenvalue weighted by atomic mass is 10.0. The van der Waals surface area contributed by atoms with Crippen molar-refractivity contribution < 1.29 is 15.0 Å². The summed E-state index contributed by atoms with van der Waals surface area (Å²) >= 11 is 0. The third-order valence-electron chi connectivity index (χ3n) is 3.49. The van der Waals surface area contributed by atoms with Crippen LogP contribution in [0, 0.1) is 0 Å². The standard InChI is InChI=1S/C14H19NO3/c16-13(11-6-2-1-3-7-11)10-15-9-5-4-8-12(15)14(17)18/h1-3,6-7,12-13,16H,4-5,8-10H2,(H,17,18). The second-order valence-corrected chi connectivity index (χ2v) is 4.77. The van der Waals surface area contributed by atoms with Crippen molar-refractivity contribution in [1.29, 1.82) is 0 Å². The van der Waals surface area contributed by atoms with Crippen molar-refractivity contribution in [1.82, 2.24) is 4.90 Å². The second kappa shape index (κ2) is 5.98. The average Bonchev–Trinajstić information content (AvgIpc) is 2.40. The van der Waals surface area contributed by atoms with Crippen LogP contribution in [0.3, 0.4) is 0 Å². The molecular formula is C14H19NO3. The number of aliphatic carboxylic acids is 1. The van der Waals surface area contributed by atoms with Gasteiger partial charge in [-0.2, -0.15) is 0 Å². The molecule has 0 spiro atoms. The van der Waals surface area contributed by atoms with E-state index in [9.17, 15) is 9.90 Å². The first-order valence-corrected chi connectivity index (χ1v) is 6.38. The summed E-state index contributed by atoms with van der Waals surface area (Å²) in [5.41, 5.74) is 0.840. The van der Waals surface area contributed by atoms with E-state index in [0.717, 1.165) is 24.9 Å². The Morgan fingerprint density at radius 1 is 1.33 bits per heavy atom. The Bertz CT molecular complexity index is 393. The topological polar surface area (TPSA) is 60.8 Å². The average molecular weight is 249 g/mol. The van der Waals surface area contributed by atoms with E-state index >= 15 is 0 Å². The molecule has 18 heavy (non-hydrogen) atoms. The van der Waals surface area contributed by atoms with Crippen molar-refractivity contribution in [3.8, 4) is 0 Å². The third-order valence-corrected chi connectivity index (χ3v) is 3.49. The first-order chi connectivity index (χ1) is 8.68. The Morgan fingerprint density at radius 2 is 2.06 bits per heavy atom. The predicted octanol–water partition coefficient (Wildman–Crippen LogP) is 1.66. The molecule has 1 aliphatic rings. The number of nitrogens with zero attached hydrogens (tertiary/aromatic N) is 1. The van der Waals surface area contributed by atoms with Crippen LogP contribution in [0.5, 0.6) is 0 Å². The van der Waals surface area contributed by atoms with Crippen molar-refractivity contribution in [3.05, 3.63) is 35.9 Å². The zero-order chi connectivity index (χ0) is 13.0. The molecule has 4 nitrogen and oxygen atoms in total. The van der Waals surface area contributed by atoms with Crippen LogP contribution in [0.1, 0.15) is 30.9 Å². The number of carboxylic acids is 1. The molecule has 1 fully saturated rings. The number of carboxylic acid groups (broad SMARTS) is 1. The van der Waals surface area contributed by atoms with Crippen LogP contribution in [0.2, 0.25) is 0 Å². The first-order valence-electron chi connectivity index (χ1n) is 6.38.